The molecule has 0 unspecified atom stereocenters. The summed E-state index contributed by atoms with van der Waals surface area (Å²) in [7, 11) is 0. The Morgan fingerprint density at radius 3 is 2.82 bits per heavy atom. The number of nitrogens with one attached hydrogen (secondary N) is 1. The molecule has 1 N–H and O–H groups in total. The van der Waals surface area contributed by atoms with E-state index in [4.69, 9.17) is 0 Å². The van der Waals surface area contributed by atoms with Crippen molar-refractivity contribution in [2.24, 2.45) is 4.99 Å². The summed E-state index contributed by atoms with van der Waals surface area (Å²) in [6.45, 7) is 1.01. The Kier molecular flexibility index (Phi) is 3.46. The van der Waals surface area contributed by atoms with E-state index in [1.165, 1.54) is 49.4 Å². The predicted octanol–water partition coefficient (Wildman–Crippen LogP) is 4.40. The molecule has 92 valence electrons. The van der Waals surface area contributed by atoms with Crippen LogP contribution in [0.3, 0.4) is 0 Å². The van der Waals surface area contributed by atoms with Gasteiger partial charge in [0.05, 0.1) is 5.00 Å². The number of hydrogen-bond donors (Lipinski definition) is 1. The second kappa shape index (κ2) is 5.21. The molecule has 0 atom stereocenters. The van der Waals surface area contributed by atoms with Crippen LogP contribution >= 0.6 is 11.3 Å². The maximum atomic E-state index is 4.58. The van der Waals surface area contributed by atoms with Gasteiger partial charge in [-0.2, -0.15) is 0 Å². The molecular weight excluding hydrogens is 228 g/mol. The molecule has 3 heteroatoms. The lowest BCUT2D eigenvalue weighted by molar-refractivity contribution is 0.725. The number of nitrogens with zero attached hydrogens (tertiary/aromatic N) is 1. The van der Waals surface area contributed by atoms with Crippen molar-refractivity contribution >= 4 is 22.2 Å². The van der Waals surface area contributed by atoms with Crippen molar-refractivity contribution in [3.63, 3.8) is 0 Å². The van der Waals surface area contributed by atoms with Crippen molar-refractivity contribution in [2.75, 3.05) is 11.9 Å². The fraction of sp³-hybridized carbons (Fsp3) is 0.643. The third-order valence-corrected chi connectivity index (χ3v) is 4.72. The SMILES string of the molecule is c1cc(C2CCCC2)c(NC2=NCCCC2)s1. The molecule has 0 bridgehead atoms. The molecule has 17 heavy (non-hydrogen) atoms. The molecule has 2 aliphatic rings. The third-order valence-electron chi connectivity index (χ3n) is 3.87. The molecule has 1 fully saturated rings. The standard InChI is InChI=1S/C14H20N2S/c1-2-6-11(5-1)12-8-10-17-14(12)16-13-7-3-4-9-15-13/h8,10-11H,1-7,9H2,(H,15,16). The normalized spacial score (nSPS) is 21.5. The molecule has 1 aliphatic heterocycles. The van der Waals surface area contributed by atoms with E-state index < -0.39 is 0 Å². The second-order valence-electron chi connectivity index (χ2n) is 5.10. The Labute approximate surface area is 107 Å². The van der Waals surface area contributed by atoms with Gasteiger partial charge in [-0.05, 0) is 48.6 Å². The molecule has 2 heterocycles. The Balaban J connectivity index is 1.74. The lowest BCUT2D eigenvalue weighted by atomic mass is 10.00. The highest BCUT2D eigenvalue weighted by Gasteiger charge is 2.21. The van der Waals surface area contributed by atoms with Crippen LogP contribution in [-0.4, -0.2) is 12.4 Å². The maximum absolute atomic E-state index is 4.58. The third kappa shape index (κ3) is 2.54. The summed E-state index contributed by atoms with van der Waals surface area (Å²) in [6.07, 6.45) is 9.22. The lowest BCUT2D eigenvalue weighted by Crippen LogP contribution is -2.16. The van der Waals surface area contributed by atoms with E-state index in [2.05, 4.69) is 21.8 Å². The Morgan fingerprint density at radius 1 is 1.18 bits per heavy atom. The van der Waals surface area contributed by atoms with Crippen LogP contribution in [0.4, 0.5) is 5.00 Å². The first-order valence-electron chi connectivity index (χ1n) is 6.81. The van der Waals surface area contributed by atoms with Crippen molar-refractivity contribution in [3.05, 3.63) is 17.0 Å². The van der Waals surface area contributed by atoms with Gasteiger partial charge in [0.25, 0.3) is 0 Å². The van der Waals surface area contributed by atoms with Gasteiger partial charge in [-0.25, -0.2) is 0 Å². The smallest absolute Gasteiger partial charge is 0.101 e. The molecule has 0 saturated heterocycles. The molecule has 1 aromatic rings. The Morgan fingerprint density at radius 2 is 2.06 bits per heavy atom. The van der Waals surface area contributed by atoms with Crippen LogP contribution in [0.1, 0.15) is 56.4 Å². The van der Waals surface area contributed by atoms with E-state index in [1.54, 1.807) is 5.56 Å². The monoisotopic (exact) mass is 248 g/mol. The van der Waals surface area contributed by atoms with E-state index in [-0.39, 0.29) is 0 Å². The van der Waals surface area contributed by atoms with Crippen LogP contribution in [-0.2, 0) is 0 Å². The molecular formula is C14H20N2S. The molecule has 0 amide bonds. The number of anilines is 1. The molecule has 1 aromatic heterocycles. The number of hydrogen-bond acceptors (Lipinski definition) is 3. The molecule has 0 radical (unpaired) electrons. The molecule has 0 spiro atoms. The summed E-state index contributed by atoms with van der Waals surface area (Å²) in [5, 5.41) is 7.16. The van der Waals surface area contributed by atoms with Gasteiger partial charge in [0.2, 0.25) is 0 Å². The summed E-state index contributed by atoms with van der Waals surface area (Å²) in [4.78, 5) is 4.58. The number of amidine groups is 1. The zero-order valence-corrected chi connectivity index (χ0v) is 11.1. The van der Waals surface area contributed by atoms with E-state index in [9.17, 15) is 0 Å². The van der Waals surface area contributed by atoms with Gasteiger partial charge in [-0.1, -0.05) is 12.8 Å². The van der Waals surface area contributed by atoms with Crippen LogP contribution in [0.25, 0.3) is 0 Å². The summed E-state index contributed by atoms with van der Waals surface area (Å²) in [5.41, 5.74) is 1.54. The lowest BCUT2D eigenvalue weighted by Gasteiger charge is -2.16. The van der Waals surface area contributed by atoms with Crippen LogP contribution in [0.2, 0.25) is 0 Å². The topological polar surface area (TPSA) is 24.4 Å². The fourth-order valence-electron chi connectivity index (χ4n) is 2.91. The molecule has 0 aromatic carbocycles. The first-order valence-corrected chi connectivity index (χ1v) is 7.69. The molecule has 1 saturated carbocycles. The number of rotatable bonds is 2. The van der Waals surface area contributed by atoms with Gasteiger partial charge in [0, 0.05) is 13.0 Å². The average molecular weight is 248 g/mol. The van der Waals surface area contributed by atoms with E-state index in [0.717, 1.165) is 18.9 Å². The fourth-order valence-corrected chi connectivity index (χ4v) is 3.81. The zero-order chi connectivity index (χ0) is 11.5. The summed E-state index contributed by atoms with van der Waals surface area (Å²) in [6, 6.07) is 2.31. The summed E-state index contributed by atoms with van der Waals surface area (Å²) >= 11 is 1.84. The quantitative estimate of drug-likeness (QED) is 0.824. The molecule has 1 aliphatic carbocycles. The van der Waals surface area contributed by atoms with Gasteiger partial charge in [-0.15, -0.1) is 11.3 Å². The van der Waals surface area contributed by atoms with Crippen LogP contribution in [0.15, 0.2) is 16.4 Å². The summed E-state index contributed by atoms with van der Waals surface area (Å²) < 4.78 is 0. The largest absolute Gasteiger partial charge is 0.336 e. The molecule has 3 rings (SSSR count). The van der Waals surface area contributed by atoms with Gasteiger partial charge >= 0.3 is 0 Å². The van der Waals surface area contributed by atoms with Crippen molar-refractivity contribution in [2.45, 2.75) is 50.9 Å². The van der Waals surface area contributed by atoms with E-state index >= 15 is 0 Å². The minimum Gasteiger partial charge on any atom is -0.336 e. The average Bonchev–Trinajstić information content (AvgIpc) is 3.00. The minimum atomic E-state index is 0.799. The van der Waals surface area contributed by atoms with E-state index in [1.807, 2.05) is 11.3 Å². The van der Waals surface area contributed by atoms with Gasteiger partial charge < -0.3 is 5.32 Å². The van der Waals surface area contributed by atoms with Crippen molar-refractivity contribution < 1.29 is 0 Å². The van der Waals surface area contributed by atoms with Crippen LogP contribution in [0, 0.1) is 0 Å². The number of thiophene rings is 1. The van der Waals surface area contributed by atoms with Gasteiger partial charge in [0.15, 0.2) is 0 Å². The highest BCUT2D eigenvalue weighted by Crippen LogP contribution is 2.40. The number of aliphatic imine (C=N–C) groups is 1. The Bertz CT molecular complexity index is 402. The zero-order valence-electron chi connectivity index (χ0n) is 10.2. The van der Waals surface area contributed by atoms with Crippen LogP contribution in [0.5, 0.6) is 0 Å². The predicted molar refractivity (Wildman–Crippen MR) is 75.3 cm³/mol. The van der Waals surface area contributed by atoms with Gasteiger partial charge in [-0.3, -0.25) is 4.99 Å². The highest BCUT2D eigenvalue weighted by atomic mass is 32.1. The van der Waals surface area contributed by atoms with E-state index in [0.29, 0.717) is 0 Å². The Hall–Kier alpha value is -0.830. The van der Waals surface area contributed by atoms with Crippen molar-refractivity contribution in [1.29, 1.82) is 0 Å². The van der Waals surface area contributed by atoms with Crippen LogP contribution < -0.4 is 5.32 Å². The second-order valence-corrected chi connectivity index (χ2v) is 6.01. The minimum absolute atomic E-state index is 0.799. The van der Waals surface area contributed by atoms with Crippen molar-refractivity contribution in [3.8, 4) is 0 Å². The first kappa shape index (κ1) is 11.3. The highest BCUT2D eigenvalue weighted by molar-refractivity contribution is 7.14. The first-order chi connectivity index (χ1) is 8.43. The van der Waals surface area contributed by atoms with Crippen molar-refractivity contribution in [1.82, 2.24) is 0 Å². The van der Waals surface area contributed by atoms with Gasteiger partial charge in [0.1, 0.15) is 5.84 Å². The maximum Gasteiger partial charge on any atom is 0.101 e. The summed E-state index contributed by atoms with van der Waals surface area (Å²) in [5.74, 6) is 2.01. The molecule has 2 nitrogen and oxygen atoms in total.